The van der Waals surface area contributed by atoms with Crippen molar-refractivity contribution < 1.29 is 4.74 Å². The minimum Gasteiger partial charge on any atom is -0.376 e. The summed E-state index contributed by atoms with van der Waals surface area (Å²) < 4.78 is 7.78. The van der Waals surface area contributed by atoms with Crippen LogP contribution in [0.5, 0.6) is 0 Å². The summed E-state index contributed by atoms with van der Waals surface area (Å²) in [6.07, 6.45) is 4.46. The van der Waals surface area contributed by atoms with Gasteiger partial charge in [-0.05, 0) is 30.2 Å². The van der Waals surface area contributed by atoms with Gasteiger partial charge in [0.1, 0.15) is 0 Å². The van der Waals surface area contributed by atoms with Gasteiger partial charge in [0.15, 0.2) is 5.96 Å². The van der Waals surface area contributed by atoms with Gasteiger partial charge in [-0.25, -0.2) is 0 Å². The third kappa shape index (κ3) is 7.44. The third-order valence-electron chi connectivity index (χ3n) is 4.73. The molecule has 2 N–H and O–H groups in total. The van der Waals surface area contributed by atoms with Crippen LogP contribution in [0.15, 0.2) is 53.8 Å². The number of nitrogens with zero attached hydrogens (tertiary/aromatic N) is 3. The molecule has 1 aromatic carbocycles. The van der Waals surface area contributed by atoms with Crippen LogP contribution >= 0.6 is 24.0 Å². The molecule has 0 radical (unpaired) electrons. The summed E-state index contributed by atoms with van der Waals surface area (Å²) in [6, 6.07) is 12.9. The highest BCUT2D eigenvalue weighted by molar-refractivity contribution is 14.0. The number of ether oxygens (including phenoxy) is 1. The predicted molar refractivity (Wildman–Crippen MR) is 125 cm³/mol. The zero-order chi connectivity index (χ0) is 18.9. The first-order chi connectivity index (χ1) is 13.2. The zero-order valence-corrected chi connectivity index (χ0v) is 19.1. The average Bonchev–Trinajstić information content (AvgIpc) is 3.18. The Morgan fingerprint density at radius 1 is 1.18 bits per heavy atom. The molecule has 1 aromatic heterocycles. The summed E-state index contributed by atoms with van der Waals surface area (Å²) in [4.78, 5) is 6.77. The van der Waals surface area contributed by atoms with Gasteiger partial charge in [0.2, 0.25) is 0 Å². The molecule has 2 aromatic rings. The van der Waals surface area contributed by atoms with E-state index in [4.69, 9.17) is 4.74 Å². The molecule has 6 nitrogen and oxygen atoms in total. The summed E-state index contributed by atoms with van der Waals surface area (Å²) in [5, 5.41) is 6.76. The Labute approximate surface area is 185 Å². The number of rotatable bonds is 7. The molecule has 1 unspecified atom stereocenters. The lowest BCUT2D eigenvalue weighted by molar-refractivity contribution is -0.0212. The second kappa shape index (κ2) is 12.1. The maximum Gasteiger partial charge on any atom is 0.191 e. The van der Waals surface area contributed by atoms with Gasteiger partial charge in [-0.2, -0.15) is 0 Å². The van der Waals surface area contributed by atoms with E-state index in [2.05, 4.69) is 68.7 Å². The minimum atomic E-state index is 0. The first-order valence-corrected chi connectivity index (χ1v) is 9.70. The maximum atomic E-state index is 5.63. The van der Waals surface area contributed by atoms with Gasteiger partial charge in [-0.1, -0.05) is 24.3 Å². The van der Waals surface area contributed by atoms with Crippen molar-refractivity contribution in [3.63, 3.8) is 0 Å². The van der Waals surface area contributed by atoms with Crippen LogP contribution < -0.4 is 10.6 Å². The molecule has 0 bridgehead atoms. The highest BCUT2D eigenvalue weighted by Crippen LogP contribution is 2.12. The molecule has 1 atom stereocenters. The van der Waals surface area contributed by atoms with Crippen LogP contribution in [0.1, 0.15) is 18.1 Å². The van der Waals surface area contributed by atoms with E-state index in [0.29, 0.717) is 6.10 Å². The molecule has 7 heteroatoms. The number of hydrogen-bond donors (Lipinski definition) is 2. The Balaban J connectivity index is 0.00000280. The topological polar surface area (TPSA) is 53.8 Å². The highest BCUT2D eigenvalue weighted by atomic mass is 127. The smallest absolute Gasteiger partial charge is 0.191 e. The Morgan fingerprint density at radius 3 is 2.71 bits per heavy atom. The normalized spacial score (nSPS) is 17.8. The lowest BCUT2D eigenvalue weighted by Gasteiger charge is -2.31. The number of nitrogens with one attached hydrogen (secondary N) is 2. The van der Waals surface area contributed by atoms with Crippen molar-refractivity contribution in [2.24, 2.45) is 4.99 Å². The largest absolute Gasteiger partial charge is 0.376 e. The van der Waals surface area contributed by atoms with Crippen molar-refractivity contribution in [2.75, 3.05) is 33.3 Å². The quantitative estimate of drug-likeness (QED) is 0.351. The maximum absolute atomic E-state index is 5.63. The molecule has 3 rings (SSSR count). The number of hydrogen-bond acceptors (Lipinski definition) is 3. The van der Waals surface area contributed by atoms with E-state index in [1.165, 1.54) is 11.1 Å². The molecule has 0 spiro atoms. The van der Waals surface area contributed by atoms with Crippen LogP contribution in [-0.4, -0.2) is 54.8 Å². The fourth-order valence-corrected chi connectivity index (χ4v) is 3.36. The fraction of sp³-hybridized carbons (Fsp3) is 0.476. The number of guanidine groups is 1. The Morgan fingerprint density at radius 2 is 1.96 bits per heavy atom. The van der Waals surface area contributed by atoms with E-state index < -0.39 is 0 Å². The van der Waals surface area contributed by atoms with E-state index in [9.17, 15) is 0 Å². The zero-order valence-electron chi connectivity index (χ0n) is 16.8. The van der Waals surface area contributed by atoms with Crippen LogP contribution in [0, 0.1) is 0 Å². The summed E-state index contributed by atoms with van der Waals surface area (Å²) in [5.41, 5.74) is 2.61. The van der Waals surface area contributed by atoms with Gasteiger partial charge >= 0.3 is 0 Å². The summed E-state index contributed by atoms with van der Waals surface area (Å²) in [5.74, 6) is 0.828. The van der Waals surface area contributed by atoms with Crippen molar-refractivity contribution >= 4 is 29.9 Å². The van der Waals surface area contributed by atoms with Gasteiger partial charge in [0.25, 0.3) is 0 Å². The summed E-state index contributed by atoms with van der Waals surface area (Å²) in [6.45, 7) is 8.47. The van der Waals surface area contributed by atoms with Gasteiger partial charge in [-0.15, -0.1) is 24.0 Å². The van der Waals surface area contributed by atoms with Crippen molar-refractivity contribution in [2.45, 2.75) is 32.7 Å². The molecule has 154 valence electrons. The van der Waals surface area contributed by atoms with Crippen molar-refractivity contribution in [3.8, 4) is 0 Å². The second-order valence-corrected chi connectivity index (χ2v) is 7.01. The van der Waals surface area contributed by atoms with Crippen LogP contribution in [-0.2, 0) is 24.4 Å². The van der Waals surface area contributed by atoms with Crippen LogP contribution in [0.2, 0.25) is 0 Å². The molecule has 1 saturated heterocycles. The number of benzene rings is 1. The summed E-state index contributed by atoms with van der Waals surface area (Å²) in [7, 11) is 1.81. The fourth-order valence-electron chi connectivity index (χ4n) is 3.36. The Kier molecular flexibility index (Phi) is 9.80. The average molecular weight is 497 g/mol. The third-order valence-corrected chi connectivity index (χ3v) is 4.73. The van der Waals surface area contributed by atoms with Crippen molar-refractivity contribution in [3.05, 3.63) is 59.9 Å². The molecule has 2 heterocycles. The van der Waals surface area contributed by atoms with E-state index >= 15 is 0 Å². The van der Waals surface area contributed by atoms with Crippen LogP contribution in [0.3, 0.4) is 0 Å². The number of halogens is 1. The Hall–Kier alpha value is -1.58. The molecule has 1 aliphatic heterocycles. The van der Waals surface area contributed by atoms with E-state index in [-0.39, 0.29) is 24.0 Å². The SMILES string of the molecule is CN=C(NCCn1cccc1)NCc1cccc(CN2CCOC(C)C2)c1.I. The lowest BCUT2D eigenvalue weighted by atomic mass is 10.1. The van der Waals surface area contributed by atoms with E-state index in [1.807, 2.05) is 12.1 Å². The van der Waals surface area contributed by atoms with E-state index in [1.54, 1.807) is 7.05 Å². The first kappa shape index (κ1) is 22.7. The molecule has 0 saturated carbocycles. The van der Waals surface area contributed by atoms with Crippen molar-refractivity contribution in [1.29, 1.82) is 0 Å². The molecule has 1 fully saturated rings. The molecule has 28 heavy (non-hydrogen) atoms. The van der Waals surface area contributed by atoms with E-state index in [0.717, 1.165) is 51.8 Å². The molecule has 0 aliphatic carbocycles. The van der Waals surface area contributed by atoms with Crippen LogP contribution in [0.4, 0.5) is 0 Å². The first-order valence-electron chi connectivity index (χ1n) is 9.70. The number of aliphatic imine (C=N–C) groups is 1. The number of morpholine rings is 1. The second-order valence-electron chi connectivity index (χ2n) is 7.01. The number of aromatic nitrogens is 1. The van der Waals surface area contributed by atoms with Gasteiger partial charge < -0.3 is 19.9 Å². The lowest BCUT2D eigenvalue weighted by Crippen LogP contribution is -2.40. The van der Waals surface area contributed by atoms with Crippen molar-refractivity contribution in [1.82, 2.24) is 20.1 Å². The monoisotopic (exact) mass is 497 g/mol. The van der Waals surface area contributed by atoms with Gasteiger partial charge in [0, 0.05) is 58.7 Å². The molecular weight excluding hydrogens is 465 g/mol. The highest BCUT2D eigenvalue weighted by Gasteiger charge is 2.16. The van der Waals surface area contributed by atoms with Gasteiger partial charge in [-0.3, -0.25) is 9.89 Å². The molecular formula is C21H32IN5O. The minimum absolute atomic E-state index is 0. The predicted octanol–water partition coefficient (Wildman–Crippen LogP) is 2.69. The van der Waals surface area contributed by atoms with Gasteiger partial charge in [0.05, 0.1) is 12.7 Å². The van der Waals surface area contributed by atoms with Crippen LogP contribution in [0.25, 0.3) is 0 Å². The molecule has 1 aliphatic rings. The Bertz CT molecular complexity index is 719. The standard InChI is InChI=1S/C21H31N5O.HI/c1-18-16-26(12-13-27-18)17-20-7-5-6-19(14-20)15-24-21(22-2)23-8-11-25-9-3-4-10-25;/h3-7,9-10,14,18H,8,11-13,15-17H2,1-2H3,(H2,22,23,24);1H. The summed E-state index contributed by atoms with van der Waals surface area (Å²) >= 11 is 0. The molecule has 0 amide bonds.